The van der Waals surface area contributed by atoms with Gasteiger partial charge in [0.05, 0.1) is 12.7 Å². The lowest BCUT2D eigenvalue weighted by atomic mass is 10.1. The van der Waals surface area contributed by atoms with Crippen LogP contribution in [0.25, 0.3) is 0 Å². The van der Waals surface area contributed by atoms with Crippen LogP contribution in [0.4, 0.5) is 0 Å². The zero-order valence-electron chi connectivity index (χ0n) is 7.33. The van der Waals surface area contributed by atoms with Crippen molar-refractivity contribution in [3.63, 3.8) is 0 Å². The van der Waals surface area contributed by atoms with Crippen LogP contribution in [0.1, 0.15) is 32.1 Å². The normalized spacial score (nSPS) is 23.5. The third-order valence-electron chi connectivity index (χ3n) is 2.13. The number of ether oxygens (including phenoxy) is 2. The fraction of sp³-hybridized carbons (Fsp3) is 0.889. The number of hydrogen-bond donors (Lipinski definition) is 0. The van der Waals surface area contributed by atoms with Gasteiger partial charge in [-0.3, -0.25) is 4.79 Å². The zero-order valence-corrected chi connectivity index (χ0v) is 7.33. The van der Waals surface area contributed by atoms with E-state index in [4.69, 9.17) is 4.74 Å². The lowest BCUT2D eigenvalue weighted by Gasteiger charge is -2.22. The molecule has 1 fully saturated rings. The fourth-order valence-electron chi connectivity index (χ4n) is 1.48. The third-order valence-corrected chi connectivity index (χ3v) is 2.13. The average Bonchev–Trinajstić information content (AvgIpc) is 2.14. The molecule has 0 bridgehead atoms. The molecule has 0 unspecified atom stereocenters. The number of carbonyl (C=O) groups is 1. The molecule has 1 rings (SSSR count). The summed E-state index contributed by atoms with van der Waals surface area (Å²) in [5.41, 5.74) is 0. The number of carbonyl (C=O) groups excluding carboxylic acids is 1. The van der Waals surface area contributed by atoms with Gasteiger partial charge < -0.3 is 9.47 Å². The molecule has 0 aromatic carbocycles. The minimum atomic E-state index is 0.411. The molecule has 12 heavy (non-hydrogen) atoms. The van der Waals surface area contributed by atoms with Crippen LogP contribution in [-0.2, 0) is 14.3 Å². The smallest absolute Gasteiger partial charge is 0.293 e. The van der Waals surface area contributed by atoms with Gasteiger partial charge in [0.1, 0.15) is 0 Å². The quantitative estimate of drug-likeness (QED) is 0.466. The Morgan fingerprint density at radius 2 is 2.42 bits per heavy atom. The first-order valence-electron chi connectivity index (χ1n) is 4.60. The molecule has 0 amide bonds. The van der Waals surface area contributed by atoms with E-state index in [2.05, 4.69) is 4.74 Å². The summed E-state index contributed by atoms with van der Waals surface area (Å²) in [6.45, 7) is 1.93. The van der Waals surface area contributed by atoms with Crippen molar-refractivity contribution in [1.82, 2.24) is 0 Å². The fourth-order valence-corrected chi connectivity index (χ4v) is 1.48. The Bertz CT molecular complexity index is 119. The van der Waals surface area contributed by atoms with Gasteiger partial charge in [-0.15, -0.1) is 0 Å². The van der Waals surface area contributed by atoms with Crippen molar-refractivity contribution in [2.75, 3.05) is 13.2 Å². The summed E-state index contributed by atoms with van der Waals surface area (Å²) >= 11 is 0. The average molecular weight is 172 g/mol. The molecule has 1 aliphatic rings. The van der Waals surface area contributed by atoms with Crippen LogP contribution >= 0.6 is 0 Å². The summed E-state index contributed by atoms with van der Waals surface area (Å²) in [5, 5.41) is 0. The van der Waals surface area contributed by atoms with E-state index in [1.54, 1.807) is 0 Å². The molecular weight excluding hydrogens is 156 g/mol. The highest BCUT2D eigenvalue weighted by Gasteiger charge is 2.12. The molecule has 0 radical (unpaired) electrons. The van der Waals surface area contributed by atoms with Gasteiger partial charge in [-0.2, -0.15) is 0 Å². The maximum Gasteiger partial charge on any atom is 0.293 e. The Balaban J connectivity index is 1.94. The van der Waals surface area contributed by atoms with Crippen molar-refractivity contribution in [2.24, 2.45) is 0 Å². The second-order valence-electron chi connectivity index (χ2n) is 3.10. The molecule has 0 N–H and O–H groups in total. The highest BCUT2D eigenvalue weighted by molar-refractivity contribution is 5.36. The lowest BCUT2D eigenvalue weighted by molar-refractivity contribution is -0.129. The molecule has 1 heterocycles. The molecule has 0 spiro atoms. The minimum Gasteiger partial charge on any atom is -0.468 e. The molecule has 0 aliphatic carbocycles. The van der Waals surface area contributed by atoms with Gasteiger partial charge in [-0.05, 0) is 32.1 Å². The van der Waals surface area contributed by atoms with Crippen LogP contribution in [0.2, 0.25) is 0 Å². The molecule has 0 saturated carbocycles. The summed E-state index contributed by atoms with van der Waals surface area (Å²) < 4.78 is 10.1. The van der Waals surface area contributed by atoms with Crippen molar-refractivity contribution in [1.29, 1.82) is 0 Å². The third kappa shape index (κ3) is 3.72. The van der Waals surface area contributed by atoms with Crippen molar-refractivity contribution in [3.05, 3.63) is 0 Å². The summed E-state index contributed by atoms with van der Waals surface area (Å²) in [5.74, 6) is 0. The molecule has 3 nitrogen and oxygen atoms in total. The first-order chi connectivity index (χ1) is 5.93. The van der Waals surface area contributed by atoms with Crippen LogP contribution in [-0.4, -0.2) is 25.8 Å². The highest BCUT2D eigenvalue weighted by atomic mass is 16.5. The van der Waals surface area contributed by atoms with Crippen molar-refractivity contribution in [2.45, 2.75) is 38.2 Å². The Morgan fingerprint density at radius 3 is 3.08 bits per heavy atom. The summed E-state index contributed by atoms with van der Waals surface area (Å²) in [6, 6.07) is 0. The van der Waals surface area contributed by atoms with Gasteiger partial charge in [0, 0.05) is 6.61 Å². The Labute approximate surface area is 73.0 Å². The molecule has 1 atom stereocenters. The largest absolute Gasteiger partial charge is 0.468 e. The Hall–Kier alpha value is -0.570. The van der Waals surface area contributed by atoms with Gasteiger partial charge in [0.25, 0.3) is 6.47 Å². The van der Waals surface area contributed by atoms with Gasteiger partial charge in [0.15, 0.2) is 0 Å². The van der Waals surface area contributed by atoms with E-state index in [-0.39, 0.29) is 0 Å². The molecule has 3 heteroatoms. The van der Waals surface area contributed by atoms with E-state index in [1.165, 1.54) is 19.3 Å². The van der Waals surface area contributed by atoms with Crippen LogP contribution in [0.5, 0.6) is 0 Å². The number of rotatable bonds is 5. The van der Waals surface area contributed by atoms with E-state index in [0.29, 0.717) is 19.2 Å². The molecule has 0 aromatic heterocycles. The lowest BCUT2D eigenvalue weighted by Crippen LogP contribution is -2.19. The molecule has 1 saturated heterocycles. The second-order valence-corrected chi connectivity index (χ2v) is 3.10. The van der Waals surface area contributed by atoms with Crippen LogP contribution in [0, 0.1) is 0 Å². The Morgan fingerprint density at radius 1 is 1.50 bits per heavy atom. The second kappa shape index (κ2) is 6.00. The first-order valence-corrected chi connectivity index (χ1v) is 4.60. The van der Waals surface area contributed by atoms with E-state index in [9.17, 15) is 4.79 Å². The summed E-state index contributed by atoms with van der Waals surface area (Å²) in [6.07, 6.45) is 5.99. The molecule has 0 aromatic rings. The summed E-state index contributed by atoms with van der Waals surface area (Å²) in [4.78, 5) is 9.80. The predicted octanol–water partition coefficient (Wildman–Crippen LogP) is 1.51. The van der Waals surface area contributed by atoms with Crippen LogP contribution < -0.4 is 0 Å². The van der Waals surface area contributed by atoms with E-state index in [1.807, 2.05) is 0 Å². The first kappa shape index (κ1) is 9.52. The van der Waals surface area contributed by atoms with E-state index >= 15 is 0 Å². The maximum absolute atomic E-state index is 9.80. The SMILES string of the molecule is O=COCCC[C@@H]1CCCCO1. The van der Waals surface area contributed by atoms with E-state index in [0.717, 1.165) is 19.4 Å². The van der Waals surface area contributed by atoms with Crippen LogP contribution in [0.3, 0.4) is 0 Å². The Kier molecular flexibility index (Phi) is 4.76. The summed E-state index contributed by atoms with van der Waals surface area (Å²) in [7, 11) is 0. The van der Waals surface area contributed by atoms with Crippen molar-refractivity contribution >= 4 is 6.47 Å². The van der Waals surface area contributed by atoms with E-state index < -0.39 is 0 Å². The predicted molar refractivity (Wildman–Crippen MR) is 44.8 cm³/mol. The standard InChI is InChI=1S/C9H16O3/c10-8-11-6-3-5-9-4-1-2-7-12-9/h8-9H,1-7H2/t9-/m0/s1. The van der Waals surface area contributed by atoms with Gasteiger partial charge in [-0.25, -0.2) is 0 Å². The molecular formula is C9H16O3. The van der Waals surface area contributed by atoms with Crippen molar-refractivity contribution in [3.8, 4) is 0 Å². The minimum absolute atomic E-state index is 0.411. The molecule has 70 valence electrons. The van der Waals surface area contributed by atoms with Crippen LogP contribution in [0.15, 0.2) is 0 Å². The highest BCUT2D eigenvalue weighted by Crippen LogP contribution is 2.16. The van der Waals surface area contributed by atoms with Gasteiger partial charge in [-0.1, -0.05) is 0 Å². The monoisotopic (exact) mass is 172 g/mol. The topological polar surface area (TPSA) is 35.5 Å². The zero-order chi connectivity index (χ0) is 8.65. The van der Waals surface area contributed by atoms with Crippen molar-refractivity contribution < 1.29 is 14.3 Å². The maximum atomic E-state index is 9.80. The van der Waals surface area contributed by atoms with Gasteiger partial charge in [0.2, 0.25) is 0 Å². The number of hydrogen-bond acceptors (Lipinski definition) is 3. The van der Waals surface area contributed by atoms with Gasteiger partial charge >= 0.3 is 0 Å². The molecule has 1 aliphatic heterocycles.